The zero-order valence-electron chi connectivity index (χ0n) is 15.6. The quantitative estimate of drug-likeness (QED) is 0.743. The Morgan fingerprint density at radius 2 is 1.88 bits per heavy atom. The first-order valence-corrected chi connectivity index (χ1v) is 9.19. The molecule has 0 heterocycles. The van der Waals surface area contributed by atoms with Gasteiger partial charge < -0.3 is 20.3 Å². The SMILES string of the molecule is Cc1cc(C(C)(C)C)ccc1OC[C@H](O)C[NH2+]C1CCC(O)CC1. The fourth-order valence-electron chi connectivity index (χ4n) is 3.22. The Hall–Kier alpha value is -1.10. The average Bonchev–Trinajstić information content (AvgIpc) is 2.52. The molecule has 4 heteroatoms. The van der Waals surface area contributed by atoms with Crippen molar-refractivity contribution in [3.63, 3.8) is 0 Å². The molecule has 1 aromatic carbocycles. The lowest BCUT2D eigenvalue weighted by molar-refractivity contribution is -0.697. The van der Waals surface area contributed by atoms with Crippen LogP contribution in [-0.2, 0) is 5.41 Å². The molecule has 4 N–H and O–H groups in total. The predicted octanol–water partition coefficient (Wildman–Crippen LogP) is 1.90. The highest BCUT2D eigenvalue weighted by Gasteiger charge is 2.22. The number of nitrogens with two attached hydrogens (primary N) is 1. The summed E-state index contributed by atoms with van der Waals surface area (Å²) in [7, 11) is 0. The standard InChI is InChI=1S/C20H33NO3/c1-14-11-15(20(2,3)4)5-10-19(14)24-13-18(23)12-21-16-6-8-17(22)9-7-16/h5,10-11,16-18,21-23H,6-9,12-13H2,1-4H3/p+1/t16?,17?,18-/m1/s1. The van der Waals surface area contributed by atoms with Crippen molar-refractivity contribution in [2.45, 2.75) is 77.0 Å². The van der Waals surface area contributed by atoms with Crippen LogP contribution >= 0.6 is 0 Å². The van der Waals surface area contributed by atoms with Gasteiger partial charge in [-0.05, 0) is 42.4 Å². The number of rotatable bonds is 6. The van der Waals surface area contributed by atoms with E-state index < -0.39 is 6.10 Å². The summed E-state index contributed by atoms with van der Waals surface area (Å²) < 4.78 is 5.81. The van der Waals surface area contributed by atoms with Crippen LogP contribution in [0.3, 0.4) is 0 Å². The van der Waals surface area contributed by atoms with Crippen molar-refractivity contribution in [2.24, 2.45) is 0 Å². The van der Waals surface area contributed by atoms with E-state index in [1.807, 2.05) is 6.07 Å². The number of benzene rings is 1. The van der Waals surface area contributed by atoms with Crippen LogP contribution in [0.1, 0.15) is 57.6 Å². The summed E-state index contributed by atoms with van der Waals surface area (Å²) in [5.41, 5.74) is 2.53. The van der Waals surface area contributed by atoms with E-state index in [0.717, 1.165) is 37.0 Å². The fourth-order valence-corrected chi connectivity index (χ4v) is 3.22. The van der Waals surface area contributed by atoms with Gasteiger partial charge in [-0.3, -0.25) is 0 Å². The third-order valence-electron chi connectivity index (χ3n) is 4.96. The minimum absolute atomic E-state index is 0.123. The van der Waals surface area contributed by atoms with Crippen LogP contribution in [0, 0.1) is 6.92 Å². The van der Waals surface area contributed by atoms with Gasteiger partial charge in [0.15, 0.2) is 0 Å². The molecule has 0 bridgehead atoms. The maximum absolute atomic E-state index is 10.2. The molecule has 0 amide bonds. The molecule has 1 saturated carbocycles. The van der Waals surface area contributed by atoms with Crippen molar-refractivity contribution in [2.75, 3.05) is 13.2 Å². The third kappa shape index (κ3) is 5.76. The molecule has 0 spiro atoms. The van der Waals surface area contributed by atoms with Gasteiger partial charge in [0.25, 0.3) is 0 Å². The highest BCUT2D eigenvalue weighted by Crippen LogP contribution is 2.27. The van der Waals surface area contributed by atoms with Gasteiger partial charge in [-0.25, -0.2) is 0 Å². The fraction of sp³-hybridized carbons (Fsp3) is 0.700. The first-order valence-electron chi connectivity index (χ1n) is 9.19. The highest BCUT2D eigenvalue weighted by atomic mass is 16.5. The Kier molecular flexibility index (Phi) is 6.67. The van der Waals surface area contributed by atoms with Crippen LogP contribution in [0.2, 0.25) is 0 Å². The highest BCUT2D eigenvalue weighted by molar-refractivity contribution is 5.38. The third-order valence-corrected chi connectivity index (χ3v) is 4.96. The second-order valence-electron chi connectivity index (χ2n) is 8.24. The van der Waals surface area contributed by atoms with Crippen molar-refractivity contribution in [1.29, 1.82) is 0 Å². The van der Waals surface area contributed by atoms with Crippen molar-refractivity contribution < 1.29 is 20.3 Å². The lowest BCUT2D eigenvalue weighted by Gasteiger charge is -2.24. The number of hydrogen-bond acceptors (Lipinski definition) is 3. The monoisotopic (exact) mass is 336 g/mol. The van der Waals surface area contributed by atoms with E-state index in [1.165, 1.54) is 5.56 Å². The summed E-state index contributed by atoms with van der Waals surface area (Å²) in [6, 6.07) is 6.81. The van der Waals surface area contributed by atoms with Crippen LogP contribution in [0.4, 0.5) is 0 Å². The Labute approximate surface area is 146 Å². The maximum atomic E-state index is 10.2. The summed E-state index contributed by atoms with van der Waals surface area (Å²) in [4.78, 5) is 0. The summed E-state index contributed by atoms with van der Waals surface area (Å²) in [5, 5.41) is 21.9. The normalized spacial score (nSPS) is 23.1. The summed E-state index contributed by atoms with van der Waals surface area (Å²) >= 11 is 0. The Balaban J connectivity index is 1.76. The summed E-state index contributed by atoms with van der Waals surface area (Å²) in [6.07, 6.45) is 3.23. The van der Waals surface area contributed by atoms with E-state index in [9.17, 15) is 10.2 Å². The van der Waals surface area contributed by atoms with Crippen LogP contribution in [0.15, 0.2) is 18.2 Å². The lowest BCUT2D eigenvalue weighted by Crippen LogP contribution is -2.92. The topological polar surface area (TPSA) is 66.3 Å². The number of ether oxygens (including phenoxy) is 1. The second kappa shape index (κ2) is 8.32. The molecule has 1 aliphatic rings. The van der Waals surface area contributed by atoms with E-state index in [4.69, 9.17) is 4.74 Å². The molecule has 1 atom stereocenters. The van der Waals surface area contributed by atoms with Gasteiger partial charge in [-0.15, -0.1) is 0 Å². The number of aliphatic hydroxyl groups is 2. The molecule has 136 valence electrons. The Morgan fingerprint density at radius 3 is 2.46 bits per heavy atom. The van der Waals surface area contributed by atoms with E-state index >= 15 is 0 Å². The van der Waals surface area contributed by atoms with Gasteiger partial charge in [0.05, 0.1) is 12.1 Å². The van der Waals surface area contributed by atoms with Crippen molar-refractivity contribution >= 4 is 0 Å². The Bertz CT molecular complexity index is 516. The van der Waals surface area contributed by atoms with E-state index in [0.29, 0.717) is 19.2 Å². The van der Waals surface area contributed by atoms with Gasteiger partial charge in [0.2, 0.25) is 0 Å². The summed E-state index contributed by atoms with van der Waals surface area (Å²) in [6.45, 7) is 9.63. The van der Waals surface area contributed by atoms with Gasteiger partial charge in [0.1, 0.15) is 25.0 Å². The molecule has 0 saturated heterocycles. The number of aliphatic hydroxyl groups excluding tert-OH is 2. The zero-order chi connectivity index (χ0) is 17.7. The molecule has 1 aliphatic carbocycles. The molecule has 4 nitrogen and oxygen atoms in total. The van der Waals surface area contributed by atoms with E-state index in [-0.39, 0.29) is 11.5 Å². The molecule has 2 rings (SSSR count). The van der Waals surface area contributed by atoms with Gasteiger partial charge in [-0.2, -0.15) is 0 Å². The van der Waals surface area contributed by atoms with Gasteiger partial charge >= 0.3 is 0 Å². The minimum atomic E-state index is -0.474. The Morgan fingerprint density at radius 1 is 1.21 bits per heavy atom. The number of quaternary nitrogens is 1. The molecular weight excluding hydrogens is 302 g/mol. The molecule has 1 fully saturated rings. The van der Waals surface area contributed by atoms with Crippen molar-refractivity contribution in [1.82, 2.24) is 0 Å². The first-order chi connectivity index (χ1) is 11.3. The van der Waals surface area contributed by atoms with E-state index in [1.54, 1.807) is 0 Å². The minimum Gasteiger partial charge on any atom is -0.490 e. The molecule has 0 radical (unpaired) electrons. The zero-order valence-corrected chi connectivity index (χ0v) is 15.6. The lowest BCUT2D eigenvalue weighted by atomic mass is 9.86. The second-order valence-corrected chi connectivity index (χ2v) is 8.24. The van der Waals surface area contributed by atoms with Crippen LogP contribution in [0.5, 0.6) is 5.75 Å². The smallest absolute Gasteiger partial charge is 0.137 e. The maximum Gasteiger partial charge on any atom is 0.137 e. The van der Waals surface area contributed by atoms with Crippen LogP contribution < -0.4 is 10.1 Å². The van der Waals surface area contributed by atoms with Gasteiger partial charge in [0, 0.05) is 12.8 Å². The van der Waals surface area contributed by atoms with Crippen LogP contribution in [0.25, 0.3) is 0 Å². The van der Waals surface area contributed by atoms with Crippen molar-refractivity contribution in [3.05, 3.63) is 29.3 Å². The van der Waals surface area contributed by atoms with Crippen molar-refractivity contribution in [3.8, 4) is 5.75 Å². The molecule has 1 aromatic rings. The van der Waals surface area contributed by atoms with Gasteiger partial charge in [-0.1, -0.05) is 32.9 Å². The molecule has 24 heavy (non-hydrogen) atoms. The number of hydrogen-bond donors (Lipinski definition) is 3. The van der Waals surface area contributed by atoms with E-state index in [2.05, 4.69) is 45.1 Å². The van der Waals surface area contributed by atoms with Crippen LogP contribution in [-0.4, -0.2) is 41.6 Å². The molecule has 0 unspecified atom stereocenters. The largest absolute Gasteiger partial charge is 0.490 e. The predicted molar refractivity (Wildman–Crippen MR) is 96.4 cm³/mol. The molecule has 0 aromatic heterocycles. The average molecular weight is 336 g/mol. The molecular formula is C20H34NO3+. The summed E-state index contributed by atoms with van der Waals surface area (Å²) in [5.74, 6) is 0.850. The molecule has 0 aliphatic heterocycles. The number of aryl methyl sites for hydroxylation is 1. The first kappa shape index (κ1) is 19.2.